The molecule has 2 aliphatic heterocycles. The highest BCUT2D eigenvalue weighted by molar-refractivity contribution is 8.00. The van der Waals surface area contributed by atoms with E-state index in [1.165, 1.54) is 23.8 Å². The van der Waals surface area contributed by atoms with Crippen LogP contribution in [0, 0.1) is 0 Å². The number of amides is 3. The van der Waals surface area contributed by atoms with Crippen molar-refractivity contribution < 1.29 is 33.4 Å². The number of alkyl carbamates (subject to hydrolysis) is 1. The molecule has 236 valence electrons. The molecule has 2 aromatic carbocycles. The van der Waals surface area contributed by atoms with Gasteiger partial charge in [-0.05, 0) is 31.9 Å². The van der Waals surface area contributed by atoms with E-state index in [1.54, 1.807) is 26.2 Å². The average molecular weight is 652 g/mol. The van der Waals surface area contributed by atoms with E-state index < -0.39 is 46.5 Å². The second-order valence-corrected chi connectivity index (χ2v) is 13.3. The number of nitrogens with one attached hydrogen (secondary N) is 2. The minimum Gasteiger partial charge on any atom is -0.495 e. The Balaban J connectivity index is 1.45. The zero-order chi connectivity index (χ0) is 32.3. The van der Waals surface area contributed by atoms with Gasteiger partial charge in [0.15, 0.2) is 28.7 Å². The van der Waals surface area contributed by atoms with E-state index in [4.69, 9.17) is 19.9 Å². The third-order valence-corrected chi connectivity index (χ3v) is 8.77. The summed E-state index contributed by atoms with van der Waals surface area (Å²) < 4.78 is 17.1. The first-order valence-electron chi connectivity index (χ1n) is 14.0. The molecule has 12 nitrogen and oxygen atoms in total. The Morgan fingerprint density at radius 3 is 2.18 bits per heavy atom. The lowest BCUT2D eigenvalue weighted by Crippen LogP contribution is -2.58. The van der Waals surface area contributed by atoms with Gasteiger partial charge in [0.2, 0.25) is 11.8 Å². The van der Waals surface area contributed by atoms with E-state index in [1.807, 2.05) is 60.7 Å². The quantitative estimate of drug-likeness (QED) is 0.226. The summed E-state index contributed by atoms with van der Waals surface area (Å²) in [5.41, 5.74) is 6.57. The van der Waals surface area contributed by atoms with Crippen LogP contribution >= 0.6 is 23.1 Å². The highest BCUT2D eigenvalue weighted by Crippen LogP contribution is 2.44. The van der Waals surface area contributed by atoms with Crippen molar-refractivity contribution in [1.82, 2.24) is 20.5 Å². The molecule has 3 aromatic rings. The Labute approximate surface area is 268 Å². The molecule has 45 heavy (non-hydrogen) atoms. The summed E-state index contributed by atoms with van der Waals surface area (Å²) in [5, 5.41) is 5.80. The second-order valence-electron chi connectivity index (χ2n) is 11.2. The normalized spacial score (nSPS) is 18.4. The predicted octanol–water partition coefficient (Wildman–Crippen LogP) is 4.23. The molecule has 1 aromatic heterocycles. The van der Waals surface area contributed by atoms with Gasteiger partial charge in [-0.1, -0.05) is 60.7 Å². The van der Waals surface area contributed by atoms with Gasteiger partial charge in [-0.25, -0.2) is 14.6 Å². The van der Waals surface area contributed by atoms with Crippen molar-refractivity contribution in [3.05, 3.63) is 94.3 Å². The van der Waals surface area contributed by atoms with Gasteiger partial charge in [-0.2, -0.15) is 0 Å². The number of carbonyl (C=O) groups excluding carboxylic acids is 4. The van der Waals surface area contributed by atoms with Crippen molar-refractivity contribution in [2.45, 2.75) is 55.7 Å². The Bertz CT molecular complexity index is 1570. The molecule has 0 spiro atoms. The number of β-lactam (4-membered cyclic amide) rings is 1. The number of hydrogen-bond donors (Lipinski definition) is 3. The van der Waals surface area contributed by atoms with Gasteiger partial charge in [-0.3, -0.25) is 14.5 Å². The van der Waals surface area contributed by atoms with Crippen molar-refractivity contribution in [2.24, 2.45) is 0 Å². The number of carbonyl (C=O) groups is 4. The van der Waals surface area contributed by atoms with E-state index in [0.29, 0.717) is 0 Å². The fourth-order valence-electron chi connectivity index (χ4n) is 4.82. The number of aromatic nitrogens is 1. The Hall–Kier alpha value is -4.56. The molecule has 5 rings (SSSR count). The van der Waals surface area contributed by atoms with Crippen molar-refractivity contribution >= 4 is 52.1 Å². The summed E-state index contributed by atoms with van der Waals surface area (Å²) in [5.74, 6) is -1.71. The summed E-state index contributed by atoms with van der Waals surface area (Å²) >= 11 is 2.33. The van der Waals surface area contributed by atoms with Gasteiger partial charge in [0.1, 0.15) is 11.0 Å². The first kappa shape index (κ1) is 31.9. The summed E-state index contributed by atoms with van der Waals surface area (Å²) in [6, 6.07) is 17.2. The maximum atomic E-state index is 14.0. The van der Waals surface area contributed by atoms with Crippen LogP contribution in [-0.4, -0.2) is 57.2 Å². The maximum Gasteiger partial charge on any atom is 0.408 e. The van der Waals surface area contributed by atoms with Crippen molar-refractivity contribution in [1.29, 1.82) is 0 Å². The molecule has 1 fully saturated rings. The first-order chi connectivity index (χ1) is 21.4. The van der Waals surface area contributed by atoms with Crippen molar-refractivity contribution in [3.8, 4) is 0 Å². The molecule has 1 saturated heterocycles. The molecule has 14 heteroatoms. The fraction of sp³-hybridized carbons (Fsp3) is 0.323. The van der Waals surface area contributed by atoms with E-state index in [0.717, 1.165) is 22.5 Å². The number of esters is 1. The Morgan fingerprint density at radius 2 is 1.67 bits per heavy atom. The maximum absolute atomic E-state index is 14.0. The zero-order valence-corrected chi connectivity index (χ0v) is 26.6. The molecular weight excluding hydrogens is 619 g/mol. The standard InChI is InChI=1S/C31H33N5O7S2/c1-31(2,3)43-30(40)34-22(19-16-44-29(32)33-19)26(38)35-27-25(41-4)23(36-20(37)15-21(36)45-27)28(39)42-24(17-11-7-5-8-12-17)18-13-9-6-10-14-18/h5-14,16,21-22,24,27H,15H2,1-4H3,(H2,32,33)(H,34,40)(H,35,38)/t21-,22?,27?/m0/s1. The van der Waals surface area contributed by atoms with Crippen LogP contribution in [0.1, 0.15) is 56.2 Å². The highest BCUT2D eigenvalue weighted by atomic mass is 32.2. The molecule has 0 bridgehead atoms. The Kier molecular flexibility index (Phi) is 9.34. The topological polar surface area (TPSA) is 162 Å². The zero-order valence-electron chi connectivity index (χ0n) is 25.0. The van der Waals surface area contributed by atoms with Crippen LogP contribution < -0.4 is 16.4 Å². The monoisotopic (exact) mass is 651 g/mol. The van der Waals surface area contributed by atoms with Crippen LogP contribution in [0.15, 0.2) is 77.5 Å². The molecule has 2 unspecified atom stereocenters. The largest absolute Gasteiger partial charge is 0.495 e. The lowest BCUT2D eigenvalue weighted by atomic mass is 10.0. The number of nitrogens with zero attached hydrogens (tertiary/aromatic N) is 2. The van der Waals surface area contributed by atoms with Gasteiger partial charge in [0, 0.05) is 5.38 Å². The fourth-order valence-corrected chi connectivity index (χ4v) is 6.82. The molecule has 0 saturated carbocycles. The van der Waals surface area contributed by atoms with Gasteiger partial charge in [0.05, 0.1) is 24.6 Å². The number of methoxy groups -OCH3 is 1. The van der Waals surface area contributed by atoms with E-state index in [-0.39, 0.29) is 34.6 Å². The number of anilines is 1. The van der Waals surface area contributed by atoms with Gasteiger partial charge in [0.25, 0.3) is 0 Å². The third-order valence-electron chi connectivity index (χ3n) is 6.79. The SMILES string of the molecule is COC1=C(C(=O)OC(c2ccccc2)c2ccccc2)N2C(=O)C[C@@H]2SC1NC(=O)C(NC(=O)OC(C)(C)C)c1csc(N)n1. The molecule has 2 aliphatic rings. The van der Waals surface area contributed by atoms with Gasteiger partial charge >= 0.3 is 12.1 Å². The number of thiazole rings is 1. The summed E-state index contributed by atoms with van der Waals surface area (Å²) in [6.07, 6.45) is -1.46. The van der Waals surface area contributed by atoms with Gasteiger partial charge < -0.3 is 30.6 Å². The minimum atomic E-state index is -1.27. The lowest BCUT2D eigenvalue weighted by Gasteiger charge is -2.46. The van der Waals surface area contributed by atoms with Crippen LogP contribution in [-0.2, 0) is 28.6 Å². The summed E-state index contributed by atoms with van der Waals surface area (Å²) in [7, 11) is 1.34. The van der Waals surface area contributed by atoms with Crippen LogP contribution in [0.3, 0.4) is 0 Å². The molecule has 4 N–H and O–H groups in total. The molecule has 0 radical (unpaired) electrons. The van der Waals surface area contributed by atoms with Crippen LogP contribution in [0.25, 0.3) is 0 Å². The third kappa shape index (κ3) is 7.23. The molecular formula is C31H33N5O7S2. The number of fused-ring (bicyclic) bond motifs is 1. The van der Waals surface area contributed by atoms with Crippen LogP contribution in [0.2, 0.25) is 0 Å². The number of benzene rings is 2. The van der Waals surface area contributed by atoms with Crippen molar-refractivity contribution in [2.75, 3.05) is 12.8 Å². The van der Waals surface area contributed by atoms with E-state index in [9.17, 15) is 19.2 Å². The molecule has 0 aliphatic carbocycles. The number of hydrogen-bond acceptors (Lipinski definition) is 11. The van der Waals surface area contributed by atoms with Crippen molar-refractivity contribution in [3.63, 3.8) is 0 Å². The van der Waals surface area contributed by atoms with Crippen LogP contribution in [0.5, 0.6) is 0 Å². The van der Waals surface area contributed by atoms with E-state index in [2.05, 4.69) is 15.6 Å². The number of ether oxygens (including phenoxy) is 3. The summed E-state index contributed by atoms with van der Waals surface area (Å²) in [4.78, 5) is 58.6. The van der Waals surface area contributed by atoms with Gasteiger partial charge in [-0.15, -0.1) is 23.1 Å². The second kappa shape index (κ2) is 13.2. The predicted molar refractivity (Wildman–Crippen MR) is 168 cm³/mol. The molecule has 3 atom stereocenters. The molecule has 3 amide bonds. The highest BCUT2D eigenvalue weighted by Gasteiger charge is 2.51. The Morgan fingerprint density at radius 1 is 1.04 bits per heavy atom. The number of nitrogens with two attached hydrogens (primary N) is 1. The number of rotatable bonds is 9. The number of thioether (sulfide) groups is 1. The lowest BCUT2D eigenvalue weighted by molar-refractivity contribution is -0.152. The summed E-state index contributed by atoms with van der Waals surface area (Å²) in [6.45, 7) is 5.09. The van der Waals surface area contributed by atoms with E-state index >= 15 is 0 Å². The first-order valence-corrected chi connectivity index (χ1v) is 15.8. The smallest absolute Gasteiger partial charge is 0.408 e. The average Bonchev–Trinajstić information content (AvgIpc) is 3.43. The minimum absolute atomic E-state index is 0.0244. The molecule has 3 heterocycles. The number of nitrogen functional groups attached to an aromatic ring is 1. The van der Waals surface area contributed by atoms with Crippen LogP contribution in [0.4, 0.5) is 9.93 Å².